The molecule has 0 aromatic heterocycles. The molecule has 0 aliphatic heterocycles. The number of hydrogen-bond donors (Lipinski definition) is 2. The Morgan fingerprint density at radius 2 is 2.05 bits per heavy atom. The van der Waals surface area contributed by atoms with Crippen molar-refractivity contribution in [2.24, 2.45) is 11.8 Å². The lowest BCUT2D eigenvalue weighted by molar-refractivity contribution is 0.345. The summed E-state index contributed by atoms with van der Waals surface area (Å²) in [4.78, 5) is 0. The van der Waals surface area contributed by atoms with Crippen molar-refractivity contribution in [2.75, 3.05) is 7.11 Å². The van der Waals surface area contributed by atoms with Crippen molar-refractivity contribution < 1.29 is 9.84 Å². The maximum absolute atomic E-state index is 9.63. The van der Waals surface area contributed by atoms with E-state index in [-0.39, 0.29) is 11.8 Å². The number of aromatic hydroxyl groups is 1. The first-order chi connectivity index (χ1) is 9.02. The number of methoxy groups -OCH3 is 1. The van der Waals surface area contributed by atoms with Crippen molar-refractivity contribution >= 4 is 0 Å². The molecule has 1 fully saturated rings. The minimum atomic E-state index is 0.196. The molecular weight excluding hydrogens is 238 g/mol. The van der Waals surface area contributed by atoms with Gasteiger partial charge in [0.2, 0.25) is 0 Å². The molecule has 3 heteroatoms. The van der Waals surface area contributed by atoms with Crippen LogP contribution in [0.4, 0.5) is 0 Å². The van der Waals surface area contributed by atoms with Crippen LogP contribution in [0.15, 0.2) is 18.2 Å². The van der Waals surface area contributed by atoms with E-state index in [1.165, 1.54) is 12.8 Å². The highest BCUT2D eigenvalue weighted by Gasteiger charge is 2.30. The first-order valence-electron chi connectivity index (χ1n) is 7.16. The Hall–Kier alpha value is -1.22. The Kier molecular flexibility index (Phi) is 4.35. The average molecular weight is 263 g/mol. The van der Waals surface area contributed by atoms with Crippen molar-refractivity contribution in [1.82, 2.24) is 5.32 Å². The number of phenols is 1. The van der Waals surface area contributed by atoms with E-state index in [4.69, 9.17) is 4.74 Å². The molecule has 1 aromatic carbocycles. The summed E-state index contributed by atoms with van der Waals surface area (Å²) < 4.78 is 5.17. The Morgan fingerprint density at radius 1 is 1.32 bits per heavy atom. The smallest absolute Gasteiger partial charge is 0.160 e. The summed E-state index contributed by atoms with van der Waals surface area (Å²) in [7, 11) is 1.58. The first kappa shape index (κ1) is 14.2. The van der Waals surface area contributed by atoms with Gasteiger partial charge in [-0.25, -0.2) is 0 Å². The summed E-state index contributed by atoms with van der Waals surface area (Å²) in [5, 5.41) is 13.3. The van der Waals surface area contributed by atoms with Gasteiger partial charge < -0.3 is 15.2 Å². The normalized spacial score (nSPS) is 28.3. The number of hydrogen-bond acceptors (Lipinski definition) is 3. The molecule has 2 rings (SSSR count). The molecule has 1 aliphatic carbocycles. The average Bonchev–Trinajstić information content (AvgIpc) is 2.71. The maximum atomic E-state index is 9.63. The van der Waals surface area contributed by atoms with E-state index in [0.29, 0.717) is 11.8 Å². The van der Waals surface area contributed by atoms with E-state index in [2.05, 4.69) is 26.1 Å². The van der Waals surface area contributed by atoms with Gasteiger partial charge in [0.15, 0.2) is 11.5 Å². The molecule has 0 radical (unpaired) electrons. The van der Waals surface area contributed by atoms with E-state index in [1.54, 1.807) is 13.2 Å². The van der Waals surface area contributed by atoms with Crippen LogP contribution in [0.3, 0.4) is 0 Å². The molecule has 4 atom stereocenters. The zero-order valence-corrected chi connectivity index (χ0v) is 12.3. The van der Waals surface area contributed by atoms with E-state index in [0.717, 1.165) is 17.4 Å². The molecule has 1 saturated carbocycles. The standard InChI is InChI=1S/C16H25NO2/c1-10-5-7-14(11(10)2)17-12(3)13-6-8-15(18)16(9-13)19-4/h6,8-12,14,17-18H,5,7H2,1-4H3. The second-order valence-electron chi connectivity index (χ2n) is 5.84. The number of rotatable bonds is 4. The van der Waals surface area contributed by atoms with Gasteiger partial charge in [-0.3, -0.25) is 0 Å². The van der Waals surface area contributed by atoms with Gasteiger partial charge in [0, 0.05) is 12.1 Å². The molecule has 0 spiro atoms. The number of nitrogens with one attached hydrogen (secondary N) is 1. The molecule has 19 heavy (non-hydrogen) atoms. The third-order valence-corrected chi connectivity index (χ3v) is 4.63. The van der Waals surface area contributed by atoms with Gasteiger partial charge in [-0.15, -0.1) is 0 Å². The molecule has 4 unspecified atom stereocenters. The number of phenolic OH excluding ortho intramolecular Hbond substituents is 1. The second kappa shape index (κ2) is 5.83. The topological polar surface area (TPSA) is 41.5 Å². The minimum Gasteiger partial charge on any atom is -0.504 e. The third-order valence-electron chi connectivity index (χ3n) is 4.63. The molecule has 1 aromatic rings. The molecule has 106 valence electrons. The van der Waals surface area contributed by atoms with Gasteiger partial charge in [0.1, 0.15) is 0 Å². The molecule has 0 bridgehead atoms. The van der Waals surface area contributed by atoms with Crippen molar-refractivity contribution in [1.29, 1.82) is 0 Å². The lowest BCUT2D eigenvalue weighted by Crippen LogP contribution is -2.34. The van der Waals surface area contributed by atoms with Gasteiger partial charge in [0.25, 0.3) is 0 Å². The first-order valence-corrected chi connectivity index (χ1v) is 7.16. The lowest BCUT2D eigenvalue weighted by Gasteiger charge is -2.25. The number of benzene rings is 1. The predicted molar refractivity (Wildman–Crippen MR) is 77.6 cm³/mol. The SMILES string of the molecule is COc1cc(C(C)NC2CCC(C)C2C)ccc1O. The van der Waals surface area contributed by atoms with E-state index >= 15 is 0 Å². The lowest BCUT2D eigenvalue weighted by atomic mass is 9.96. The zero-order chi connectivity index (χ0) is 14.0. The van der Waals surface area contributed by atoms with Crippen LogP contribution in [0, 0.1) is 11.8 Å². The summed E-state index contributed by atoms with van der Waals surface area (Å²) in [5.74, 6) is 2.26. The zero-order valence-electron chi connectivity index (χ0n) is 12.3. The highest BCUT2D eigenvalue weighted by atomic mass is 16.5. The van der Waals surface area contributed by atoms with E-state index in [9.17, 15) is 5.11 Å². The minimum absolute atomic E-state index is 0.196. The van der Waals surface area contributed by atoms with Crippen molar-refractivity contribution in [3.8, 4) is 11.5 Å². The summed E-state index contributed by atoms with van der Waals surface area (Å²) in [6.45, 7) is 6.83. The fourth-order valence-electron chi connectivity index (χ4n) is 2.98. The summed E-state index contributed by atoms with van der Waals surface area (Å²) >= 11 is 0. The van der Waals surface area contributed by atoms with Gasteiger partial charge in [-0.05, 0) is 49.3 Å². The van der Waals surface area contributed by atoms with Crippen LogP contribution in [0.1, 0.15) is 45.2 Å². The van der Waals surface area contributed by atoms with Crippen LogP contribution in [0.25, 0.3) is 0 Å². The van der Waals surface area contributed by atoms with Crippen molar-refractivity contribution in [3.05, 3.63) is 23.8 Å². The maximum Gasteiger partial charge on any atom is 0.160 e. The van der Waals surface area contributed by atoms with Crippen LogP contribution in [-0.2, 0) is 0 Å². The molecule has 2 N–H and O–H groups in total. The summed E-state index contributed by atoms with van der Waals surface area (Å²) in [5.41, 5.74) is 1.15. The summed E-state index contributed by atoms with van der Waals surface area (Å²) in [6, 6.07) is 6.43. The Balaban J connectivity index is 2.05. The Morgan fingerprint density at radius 3 is 2.63 bits per heavy atom. The van der Waals surface area contributed by atoms with Crippen LogP contribution >= 0.6 is 0 Å². The molecular formula is C16H25NO2. The van der Waals surface area contributed by atoms with Crippen molar-refractivity contribution in [2.45, 2.75) is 45.7 Å². The highest BCUT2D eigenvalue weighted by molar-refractivity contribution is 5.42. The molecule has 0 amide bonds. The molecule has 1 aliphatic rings. The van der Waals surface area contributed by atoms with Crippen LogP contribution in [0.2, 0.25) is 0 Å². The van der Waals surface area contributed by atoms with Gasteiger partial charge in [-0.2, -0.15) is 0 Å². The Labute approximate surface area is 116 Å². The van der Waals surface area contributed by atoms with Crippen molar-refractivity contribution in [3.63, 3.8) is 0 Å². The van der Waals surface area contributed by atoms with Gasteiger partial charge in [-0.1, -0.05) is 19.9 Å². The van der Waals surface area contributed by atoms with E-state index < -0.39 is 0 Å². The Bertz CT molecular complexity index is 433. The summed E-state index contributed by atoms with van der Waals surface area (Å²) in [6.07, 6.45) is 2.56. The van der Waals surface area contributed by atoms with Crippen LogP contribution < -0.4 is 10.1 Å². The molecule has 0 saturated heterocycles. The number of ether oxygens (including phenoxy) is 1. The predicted octanol–water partition coefficient (Wildman–Crippen LogP) is 3.49. The van der Waals surface area contributed by atoms with Gasteiger partial charge >= 0.3 is 0 Å². The quantitative estimate of drug-likeness (QED) is 0.873. The van der Waals surface area contributed by atoms with Gasteiger partial charge in [0.05, 0.1) is 7.11 Å². The van der Waals surface area contributed by atoms with Crippen LogP contribution in [0.5, 0.6) is 11.5 Å². The monoisotopic (exact) mass is 263 g/mol. The largest absolute Gasteiger partial charge is 0.504 e. The van der Waals surface area contributed by atoms with E-state index in [1.807, 2.05) is 12.1 Å². The molecule has 0 heterocycles. The highest BCUT2D eigenvalue weighted by Crippen LogP contribution is 2.34. The third kappa shape index (κ3) is 3.03. The fraction of sp³-hybridized carbons (Fsp3) is 0.625. The molecule has 3 nitrogen and oxygen atoms in total. The second-order valence-corrected chi connectivity index (χ2v) is 5.84. The van der Waals surface area contributed by atoms with Crippen LogP contribution in [-0.4, -0.2) is 18.3 Å². The fourth-order valence-corrected chi connectivity index (χ4v) is 2.98.